The predicted molar refractivity (Wildman–Crippen MR) is 64.2 cm³/mol. The van der Waals surface area contributed by atoms with Crippen LogP contribution in [0.25, 0.3) is 0 Å². The molecule has 5 nitrogen and oxygen atoms in total. The number of hydrogen-bond donors (Lipinski definition) is 2. The third-order valence-electron chi connectivity index (χ3n) is 2.56. The van der Waals surface area contributed by atoms with E-state index in [1.165, 1.54) is 0 Å². The lowest BCUT2D eigenvalue weighted by Gasteiger charge is -2.19. The number of aromatic nitrogens is 2. The Hall–Kier alpha value is -1.52. The predicted octanol–water partition coefficient (Wildman–Crippen LogP) is 1.45. The molecule has 1 rings (SSSR count). The molecule has 16 heavy (non-hydrogen) atoms. The summed E-state index contributed by atoms with van der Waals surface area (Å²) < 4.78 is 0. The lowest BCUT2D eigenvalue weighted by Crippen LogP contribution is -2.28. The summed E-state index contributed by atoms with van der Waals surface area (Å²) in [7, 11) is 0. The van der Waals surface area contributed by atoms with Gasteiger partial charge < -0.3 is 10.0 Å². The fourth-order valence-electron chi connectivity index (χ4n) is 1.65. The van der Waals surface area contributed by atoms with E-state index in [9.17, 15) is 9.90 Å². The largest absolute Gasteiger partial charge is 0.493 e. The highest BCUT2D eigenvalue weighted by Gasteiger charge is 2.15. The van der Waals surface area contributed by atoms with E-state index in [0.29, 0.717) is 11.5 Å². The van der Waals surface area contributed by atoms with Crippen LogP contribution in [0.2, 0.25) is 0 Å². The number of nitrogens with one attached hydrogen (secondary N) is 1. The molecule has 1 aromatic rings. The van der Waals surface area contributed by atoms with Gasteiger partial charge in [0.1, 0.15) is 0 Å². The Morgan fingerprint density at radius 1 is 1.38 bits per heavy atom. The van der Waals surface area contributed by atoms with Gasteiger partial charge in [-0.1, -0.05) is 13.8 Å². The lowest BCUT2D eigenvalue weighted by atomic mass is 10.1. The number of aromatic hydroxyl groups is 1. The van der Waals surface area contributed by atoms with Crippen LogP contribution >= 0.6 is 0 Å². The van der Waals surface area contributed by atoms with Crippen LogP contribution in [-0.2, 0) is 0 Å². The summed E-state index contributed by atoms with van der Waals surface area (Å²) in [5.74, 6) is 0.222. The molecule has 0 fully saturated rings. The molecule has 0 bridgehead atoms. The number of rotatable bonds is 4. The molecule has 1 heterocycles. The fourth-order valence-corrected chi connectivity index (χ4v) is 1.65. The van der Waals surface area contributed by atoms with Crippen LogP contribution in [0, 0.1) is 0 Å². The molecule has 0 radical (unpaired) electrons. The van der Waals surface area contributed by atoms with Crippen LogP contribution in [0.1, 0.15) is 39.2 Å². The van der Waals surface area contributed by atoms with Crippen LogP contribution in [0.3, 0.4) is 0 Å². The van der Waals surface area contributed by atoms with E-state index in [1.54, 1.807) is 0 Å². The molecule has 0 aliphatic carbocycles. The first kappa shape index (κ1) is 12.5. The third-order valence-corrected chi connectivity index (χ3v) is 2.56. The Morgan fingerprint density at radius 2 is 1.94 bits per heavy atom. The van der Waals surface area contributed by atoms with E-state index in [-0.39, 0.29) is 17.4 Å². The molecule has 0 aliphatic heterocycles. The van der Waals surface area contributed by atoms with Gasteiger partial charge >= 0.3 is 0 Å². The first-order valence-electron chi connectivity index (χ1n) is 5.59. The van der Waals surface area contributed by atoms with Crippen molar-refractivity contribution < 1.29 is 5.11 Å². The van der Waals surface area contributed by atoms with Crippen molar-refractivity contribution in [2.75, 3.05) is 18.0 Å². The van der Waals surface area contributed by atoms with Crippen molar-refractivity contribution in [3.05, 3.63) is 15.9 Å². The first-order chi connectivity index (χ1) is 7.51. The van der Waals surface area contributed by atoms with Gasteiger partial charge in [-0.05, 0) is 19.8 Å². The molecule has 0 unspecified atom stereocenters. The summed E-state index contributed by atoms with van der Waals surface area (Å²) in [6, 6.07) is 0. The quantitative estimate of drug-likeness (QED) is 0.813. The Labute approximate surface area is 95.1 Å². The van der Waals surface area contributed by atoms with Crippen molar-refractivity contribution in [2.45, 2.75) is 33.6 Å². The Kier molecular flexibility index (Phi) is 3.93. The summed E-state index contributed by atoms with van der Waals surface area (Å²) >= 11 is 0. The molecule has 0 amide bonds. The van der Waals surface area contributed by atoms with Crippen LogP contribution in [0.4, 0.5) is 5.95 Å². The van der Waals surface area contributed by atoms with Crippen molar-refractivity contribution in [2.24, 2.45) is 0 Å². The molecule has 0 spiro atoms. The number of aromatic amines is 1. The molecular weight excluding hydrogens is 206 g/mol. The maximum atomic E-state index is 11.8. The standard InChI is InChI=1S/C11H19N3O2/c1-5-14(6-2)11-12-9(15)8(7(3)4)10(16)13-11/h7H,5-6H2,1-4H3,(H2,12,13,15,16). The Morgan fingerprint density at radius 3 is 2.31 bits per heavy atom. The van der Waals surface area contributed by atoms with E-state index >= 15 is 0 Å². The monoisotopic (exact) mass is 225 g/mol. The zero-order valence-corrected chi connectivity index (χ0v) is 10.2. The maximum Gasteiger partial charge on any atom is 0.259 e. The van der Waals surface area contributed by atoms with Gasteiger partial charge in [-0.2, -0.15) is 4.98 Å². The summed E-state index contributed by atoms with van der Waals surface area (Å²) in [5.41, 5.74) is 0.0836. The average Bonchev–Trinajstić information content (AvgIpc) is 2.17. The molecule has 2 N–H and O–H groups in total. The lowest BCUT2D eigenvalue weighted by molar-refractivity contribution is 0.439. The highest BCUT2D eigenvalue weighted by atomic mass is 16.3. The summed E-state index contributed by atoms with van der Waals surface area (Å²) in [6.45, 7) is 9.11. The van der Waals surface area contributed by atoms with E-state index in [1.807, 2.05) is 32.6 Å². The second-order valence-electron chi connectivity index (χ2n) is 3.95. The van der Waals surface area contributed by atoms with Crippen LogP contribution in [0.15, 0.2) is 4.79 Å². The summed E-state index contributed by atoms with van der Waals surface area (Å²) in [5, 5.41) is 9.72. The fraction of sp³-hybridized carbons (Fsp3) is 0.636. The number of H-pyrrole nitrogens is 1. The molecule has 90 valence electrons. The molecule has 0 saturated heterocycles. The van der Waals surface area contributed by atoms with Gasteiger partial charge in [0, 0.05) is 13.1 Å². The number of hydrogen-bond acceptors (Lipinski definition) is 4. The van der Waals surface area contributed by atoms with Crippen molar-refractivity contribution in [3.8, 4) is 5.88 Å². The summed E-state index contributed by atoms with van der Waals surface area (Å²) in [4.78, 5) is 20.4. The van der Waals surface area contributed by atoms with Crippen LogP contribution < -0.4 is 10.5 Å². The Bertz CT molecular complexity index is 408. The Balaban J connectivity index is 3.24. The van der Waals surface area contributed by atoms with E-state index < -0.39 is 0 Å². The van der Waals surface area contributed by atoms with Crippen molar-refractivity contribution in [1.82, 2.24) is 9.97 Å². The second-order valence-corrected chi connectivity index (χ2v) is 3.95. The zero-order valence-electron chi connectivity index (χ0n) is 10.2. The van der Waals surface area contributed by atoms with Gasteiger partial charge in [-0.15, -0.1) is 0 Å². The molecular formula is C11H19N3O2. The van der Waals surface area contributed by atoms with E-state index in [4.69, 9.17) is 0 Å². The van der Waals surface area contributed by atoms with Crippen LogP contribution in [0.5, 0.6) is 5.88 Å². The average molecular weight is 225 g/mol. The number of nitrogens with zero attached hydrogens (tertiary/aromatic N) is 2. The maximum absolute atomic E-state index is 11.8. The minimum absolute atomic E-state index is 0.0398. The molecule has 0 aromatic carbocycles. The van der Waals surface area contributed by atoms with E-state index in [2.05, 4.69) is 9.97 Å². The molecule has 5 heteroatoms. The first-order valence-corrected chi connectivity index (χ1v) is 5.59. The minimum Gasteiger partial charge on any atom is -0.493 e. The SMILES string of the molecule is CCN(CC)c1nc(O)c(C(C)C)c(=O)[nH]1. The van der Waals surface area contributed by atoms with Crippen molar-refractivity contribution in [3.63, 3.8) is 0 Å². The van der Waals surface area contributed by atoms with Gasteiger partial charge in [-0.25, -0.2) is 0 Å². The topological polar surface area (TPSA) is 69.2 Å². The second kappa shape index (κ2) is 5.01. The molecule has 0 saturated carbocycles. The molecule has 0 atom stereocenters. The van der Waals surface area contributed by atoms with Gasteiger partial charge in [0.05, 0.1) is 5.56 Å². The normalized spacial score (nSPS) is 10.8. The van der Waals surface area contributed by atoms with Gasteiger partial charge in [0.2, 0.25) is 11.8 Å². The molecule has 0 aliphatic rings. The zero-order chi connectivity index (χ0) is 12.3. The van der Waals surface area contributed by atoms with Gasteiger partial charge in [-0.3, -0.25) is 9.78 Å². The smallest absolute Gasteiger partial charge is 0.259 e. The number of anilines is 1. The van der Waals surface area contributed by atoms with Gasteiger partial charge in [0.25, 0.3) is 5.56 Å². The molecule has 1 aromatic heterocycles. The summed E-state index contributed by atoms with van der Waals surface area (Å²) in [6.07, 6.45) is 0. The van der Waals surface area contributed by atoms with Crippen molar-refractivity contribution >= 4 is 5.95 Å². The minimum atomic E-state index is -0.260. The van der Waals surface area contributed by atoms with Crippen LogP contribution in [-0.4, -0.2) is 28.2 Å². The highest BCUT2D eigenvalue weighted by molar-refractivity contribution is 5.36. The van der Waals surface area contributed by atoms with E-state index in [0.717, 1.165) is 13.1 Å². The van der Waals surface area contributed by atoms with Crippen molar-refractivity contribution in [1.29, 1.82) is 0 Å². The van der Waals surface area contributed by atoms with Gasteiger partial charge in [0.15, 0.2) is 0 Å². The highest BCUT2D eigenvalue weighted by Crippen LogP contribution is 2.20. The third kappa shape index (κ3) is 2.35.